The molecular weight excluding hydrogens is 164 g/mol. The highest BCUT2D eigenvalue weighted by molar-refractivity contribution is 4.83. The average molecular weight is 186 g/mol. The van der Waals surface area contributed by atoms with E-state index in [0.717, 1.165) is 13.1 Å². The first-order valence-corrected chi connectivity index (χ1v) is 5.20. The molecule has 0 radical (unpaired) electrons. The molecular formula is C10H22N2O. The van der Waals surface area contributed by atoms with Crippen LogP contribution < -0.4 is 0 Å². The summed E-state index contributed by atoms with van der Waals surface area (Å²) in [5.74, 6) is 0. The average Bonchev–Trinajstić information content (AvgIpc) is 2.52. The van der Waals surface area contributed by atoms with Crippen molar-refractivity contribution in [3.05, 3.63) is 0 Å². The van der Waals surface area contributed by atoms with Crippen molar-refractivity contribution >= 4 is 0 Å². The first-order chi connectivity index (χ1) is 6.15. The fraction of sp³-hybridized carbons (Fsp3) is 1.00. The lowest BCUT2D eigenvalue weighted by Crippen LogP contribution is -2.37. The standard InChI is InChI=1S/C10H22N2O/c1-9(2)12-5-4-10(8-12)11(3)6-7-13/h9-10,13H,4-8H2,1-3H3. The largest absolute Gasteiger partial charge is 0.395 e. The lowest BCUT2D eigenvalue weighted by Gasteiger charge is -2.25. The van der Waals surface area contributed by atoms with Gasteiger partial charge in [0.15, 0.2) is 0 Å². The van der Waals surface area contributed by atoms with Crippen LogP contribution >= 0.6 is 0 Å². The summed E-state index contributed by atoms with van der Waals surface area (Å²) in [5.41, 5.74) is 0. The molecule has 0 aromatic carbocycles. The highest BCUT2D eigenvalue weighted by Crippen LogP contribution is 2.16. The van der Waals surface area contributed by atoms with Crippen LogP contribution in [0.25, 0.3) is 0 Å². The maximum absolute atomic E-state index is 8.82. The van der Waals surface area contributed by atoms with Gasteiger partial charge in [-0.1, -0.05) is 0 Å². The van der Waals surface area contributed by atoms with Gasteiger partial charge in [-0.25, -0.2) is 0 Å². The highest BCUT2D eigenvalue weighted by Gasteiger charge is 2.26. The van der Waals surface area contributed by atoms with Crippen LogP contribution in [0.3, 0.4) is 0 Å². The van der Waals surface area contributed by atoms with Crippen molar-refractivity contribution in [1.29, 1.82) is 0 Å². The molecule has 1 aliphatic heterocycles. The second-order valence-electron chi connectivity index (χ2n) is 4.24. The van der Waals surface area contributed by atoms with Crippen LogP contribution in [0.4, 0.5) is 0 Å². The Hall–Kier alpha value is -0.120. The van der Waals surface area contributed by atoms with Crippen molar-refractivity contribution in [2.24, 2.45) is 0 Å². The van der Waals surface area contributed by atoms with Gasteiger partial charge in [-0.05, 0) is 27.3 Å². The molecule has 78 valence electrons. The van der Waals surface area contributed by atoms with Crippen LogP contribution in [0.5, 0.6) is 0 Å². The van der Waals surface area contributed by atoms with Gasteiger partial charge in [0.2, 0.25) is 0 Å². The number of likely N-dealkylation sites (N-methyl/N-ethyl adjacent to an activating group) is 1. The maximum Gasteiger partial charge on any atom is 0.0558 e. The molecule has 1 heterocycles. The molecule has 0 bridgehead atoms. The molecule has 1 N–H and O–H groups in total. The Bertz CT molecular complexity index is 150. The van der Waals surface area contributed by atoms with E-state index in [1.165, 1.54) is 13.0 Å². The zero-order chi connectivity index (χ0) is 9.84. The van der Waals surface area contributed by atoms with Gasteiger partial charge < -0.3 is 5.11 Å². The Kier molecular flexibility index (Phi) is 4.16. The molecule has 0 spiro atoms. The van der Waals surface area contributed by atoms with Crippen LogP contribution in [-0.4, -0.2) is 60.3 Å². The van der Waals surface area contributed by atoms with E-state index >= 15 is 0 Å². The summed E-state index contributed by atoms with van der Waals surface area (Å²) < 4.78 is 0. The Morgan fingerprint density at radius 3 is 2.69 bits per heavy atom. The molecule has 0 aromatic rings. The number of hydrogen-bond donors (Lipinski definition) is 1. The van der Waals surface area contributed by atoms with Gasteiger partial charge in [0.1, 0.15) is 0 Å². The maximum atomic E-state index is 8.82. The zero-order valence-corrected chi connectivity index (χ0v) is 9.03. The number of nitrogens with zero attached hydrogens (tertiary/aromatic N) is 2. The number of likely N-dealkylation sites (tertiary alicyclic amines) is 1. The second kappa shape index (κ2) is 4.94. The van der Waals surface area contributed by atoms with Gasteiger partial charge in [0, 0.05) is 31.7 Å². The van der Waals surface area contributed by atoms with Crippen molar-refractivity contribution in [3.8, 4) is 0 Å². The molecule has 13 heavy (non-hydrogen) atoms. The Labute approximate surface area is 81.3 Å². The van der Waals surface area contributed by atoms with Crippen LogP contribution in [0.2, 0.25) is 0 Å². The zero-order valence-electron chi connectivity index (χ0n) is 9.03. The fourth-order valence-corrected chi connectivity index (χ4v) is 1.94. The van der Waals surface area contributed by atoms with Crippen LogP contribution in [0.15, 0.2) is 0 Å². The van der Waals surface area contributed by atoms with Gasteiger partial charge in [0.25, 0.3) is 0 Å². The third-order valence-corrected chi connectivity index (χ3v) is 3.00. The summed E-state index contributed by atoms with van der Waals surface area (Å²) in [4.78, 5) is 4.76. The fourth-order valence-electron chi connectivity index (χ4n) is 1.94. The van der Waals surface area contributed by atoms with E-state index in [2.05, 4.69) is 30.7 Å². The number of aliphatic hydroxyl groups excluding tert-OH is 1. The summed E-state index contributed by atoms with van der Waals surface area (Å²) in [6.45, 7) is 7.93. The SMILES string of the molecule is CC(C)N1CCC(N(C)CCO)C1. The van der Waals surface area contributed by atoms with Gasteiger partial charge >= 0.3 is 0 Å². The van der Waals surface area contributed by atoms with Crippen LogP contribution in [0.1, 0.15) is 20.3 Å². The monoisotopic (exact) mass is 186 g/mol. The number of rotatable bonds is 4. The smallest absolute Gasteiger partial charge is 0.0558 e. The normalized spacial score (nSPS) is 24.9. The van der Waals surface area contributed by atoms with Gasteiger partial charge in [0.05, 0.1) is 6.61 Å². The van der Waals surface area contributed by atoms with Crippen LogP contribution in [0, 0.1) is 0 Å². The van der Waals surface area contributed by atoms with E-state index < -0.39 is 0 Å². The highest BCUT2D eigenvalue weighted by atomic mass is 16.3. The molecule has 1 unspecified atom stereocenters. The molecule has 1 aliphatic rings. The second-order valence-corrected chi connectivity index (χ2v) is 4.24. The molecule has 0 aromatic heterocycles. The summed E-state index contributed by atoms with van der Waals surface area (Å²) in [6.07, 6.45) is 1.24. The Balaban J connectivity index is 2.31. The number of hydrogen-bond acceptors (Lipinski definition) is 3. The van der Waals surface area contributed by atoms with Crippen molar-refractivity contribution in [2.45, 2.75) is 32.4 Å². The van der Waals surface area contributed by atoms with Gasteiger partial charge in [-0.15, -0.1) is 0 Å². The third-order valence-electron chi connectivity index (χ3n) is 3.00. The van der Waals surface area contributed by atoms with E-state index in [0.29, 0.717) is 12.1 Å². The summed E-state index contributed by atoms with van der Waals surface area (Å²) >= 11 is 0. The molecule has 1 rings (SSSR count). The lowest BCUT2D eigenvalue weighted by atomic mass is 10.2. The van der Waals surface area contributed by atoms with Crippen molar-refractivity contribution in [3.63, 3.8) is 0 Å². The lowest BCUT2D eigenvalue weighted by molar-refractivity contribution is 0.173. The molecule has 1 atom stereocenters. The third kappa shape index (κ3) is 2.93. The molecule has 0 amide bonds. The Morgan fingerprint density at radius 2 is 2.23 bits per heavy atom. The first-order valence-electron chi connectivity index (χ1n) is 5.20. The predicted octanol–water partition coefficient (Wildman–Crippen LogP) is 0.393. The molecule has 3 nitrogen and oxygen atoms in total. The van der Waals surface area contributed by atoms with Crippen molar-refractivity contribution in [2.75, 3.05) is 33.3 Å². The minimum absolute atomic E-state index is 0.272. The molecule has 1 saturated heterocycles. The van der Waals surface area contributed by atoms with Gasteiger partial charge in [-0.2, -0.15) is 0 Å². The van der Waals surface area contributed by atoms with Crippen LogP contribution in [-0.2, 0) is 0 Å². The molecule has 0 aliphatic carbocycles. The minimum atomic E-state index is 0.272. The minimum Gasteiger partial charge on any atom is -0.395 e. The van der Waals surface area contributed by atoms with E-state index in [-0.39, 0.29) is 6.61 Å². The van der Waals surface area contributed by atoms with Crippen molar-refractivity contribution in [1.82, 2.24) is 9.80 Å². The number of aliphatic hydroxyl groups is 1. The quantitative estimate of drug-likeness (QED) is 0.688. The van der Waals surface area contributed by atoms with E-state index in [1.807, 2.05) is 0 Å². The van der Waals surface area contributed by atoms with Gasteiger partial charge in [-0.3, -0.25) is 9.80 Å². The summed E-state index contributed by atoms with van der Waals surface area (Å²) in [6, 6.07) is 1.31. The molecule has 0 saturated carbocycles. The van der Waals surface area contributed by atoms with Crippen molar-refractivity contribution < 1.29 is 5.11 Å². The topological polar surface area (TPSA) is 26.7 Å². The Morgan fingerprint density at radius 1 is 1.54 bits per heavy atom. The molecule has 1 fully saturated rings. The van der Waals surface area contributed by atoms with E-state index in [9.17, 15) is 0 Å². The first kappa shape index (κ1) is 11.0. The predicted molar refractivity (Wildman–Crippen MR) is 54.8 cm³/mol. The van der Waals surface area contributed by atoms with E-state index in [1.54, 1.807) is 0 Å². The summed E-state index contributed by atoms with van der Waals surface area (Å²) in [5, 5.41) is 8.82. The molecule has 3 heteroatoms. The summed E-state index contributed by atoms with van der Waals surface area (Å²) in [7, 11) is 2.10. The van der Waals surface area contributed by atoms with E-state index in [4.69, 9.17) is 5.11 Å².